The van der Waals surface area contributed by atoms with Gasteiger partial charge in [0.1, 0.15) is 5.82 Å². The van der Waals surface area contributed by atoms with E-state index < -0.39 is 17.6 Å². The number of piperidine rings is 1. The van der Waals surface area contributed by atoms with Crippen LogP contribution in [-0.4, -0.2) is 42.3 Å². The van der Waals surface area contributed by atoms with E-state index in [1.54, 1.807) is 0 Å². The summed E-state index contributed by atoms with van der Waals surface area (Å²) in [6, 6.07) is 3.08. The summed E-state index contributed by atoms with van der Waals surface area (Å²) in [7, 11) is 0. The normalized spacial score (nSPS) is 17.6. The number of aliphatic hydroxyl groups is 1. The van der Waals surface area contributed by atoms with Gasteiger partial charge in [0.05, 0.1) is 11.7 Å². The third-order valence-electron chi connectivity index (χ3n) is 4.05. The van der Waals surface area contributed by atoms with Crippen LogP contribution < -0.4 is 5.32 Å². The van der Waals surface area contributed by atoms with Crippen molar-refractivity contribution in [3.63, 3.8) is 0 Å². The number of halogens is 4. The van der Waals surface area contributed by atoms with Crippen molar-refractivity contribution in [1.29, 1.82) is 0 Å². The van der Waals surface area contributed by atoms with Crippen molar-refractivity contribution in [3.05, 3.63) is 35.1 Å². The standard InChI is InChI=1S/C16H22F4N2O/c17-15-3-2-12(10-14(15)16(18,19)20)11-21-6-1-7-22-8-4-13(23)5-9-22/h2-3,10,13,21,23H,1,4-9,11H2. The van der Waals surface area contributed by atoms with Crippen LogP contribution in [0.3, 0.4) is 0 Å². The number of aliphatic hydroxyl groups excluding tert-OH is 1. The van der Waals surface area contributed by atoms with Crippen molar-refractivity contribution >= 4 is 0 Å². The van der Waals surface area contributed by atoms with Gasteiger partial charge in [-0.05, 0) is 50.0 Å². The van der Waals surface area contributed by atoms with Gasteiger partial charge in [0.2, 0.25) is 0 Å². The number of rotatable bonds is 6. The lowest BCUT2D eigenvalue weighted by atomic mass is 10.1. The molecule has 0 aliphatic carbocycles. The molecule has 0 spiro atoms. The Hall–Kier alpha value is -1.18. The smallest absolute Gasteiger partial charge is 0.393 e. The van der Waals surface area contributed by atoms with E-state index in [4.69, 9.17) is 0 Å². The largest absolute Gasteiger partial charge is 0.419 e. The van der Waals surface area contributed by atoms with Crippen molar-refractivity contribution in [2.45, 2.75) is 38.1 Å². The van der Waals surface area contributed by atoms with E-state index in [2.05, 4.69) is 10.2 Å². The summed E-state index contributed by atoms with van der Waals surface area (Å²) < 4.78 is 51.0. The summed E-state index contributed by atoms with van der Waals surface area (Å²) in [6.07, 6.45) is -2.39. The van der Waals surface area contributed by atoms with E-state index in [0.717, 1.165) is 51.0 Å². The van der Waals surface area contributed by atoms with Gasteiger partial charge in [0.25, 0.3) is 0 Å². The van der Waals surface area contributed by atoms with Crippen LogP contribution in [0.5, 0.6) is 0 Å². The lowest BCUT2D eigenvalue weighted by Gasteiger charge is -2.29. The zero-order valence-electron chi connectivity index (χ0n) is 12.9. The molecule has 1 saturated heterocycles. The minimum atomic E-state index is -4.67. The highest BCUT2D eigenvalue weighted by atomic mass is 19.4. The van der Waals surface area contributed by atoms with Crippen LogP contribution in [-0.2, 0) is 12.7 Å². The SMILES string of the molecule is OC1CCN(CCCNCc2ccc(F)c(C(F)(F)F)c2)CC1. The fourth-order valence-electron chi connectivity index (χ4n) is 2.70. The summed E-state index contributed by atoms with van der Waals surface area (Å²) in [6.45, 7) is 3.62. The van der Waals surface area contributed by atoms with Gasteiger partial charge in [0.15, 0.2) is 0 Å². The van der Waals surface area contributed by atoms with Gasteiger partial charge in [-0.1, -0.05) is 6.07 Å². The van der Waals surface area contributed by atoms with Gasteiger partial charge < -0.3 is 15.3 Å². The molecule has 0 radical (unpaired) electrons. The summed E-state index contributed by atoms with van der Waals surface area (Å²) in [5, 5.41) is 12.5. The number of likely N-dealkylation sites (tertiary alicyclic amines) is 1. The van der Waals surface area contributed by atoms with Crippen LogP contribution in [0.15, 0.2) is 18.2 Å². The number of nitrogens with zero attached hydrogens (tertiary/aromatic N) is 1. The van der Waals surface area contributed by atoms with E-state index in [1.807, 2.05) is 0 Å². The van der Waals surface area contributed by atoms with Crippen molar-refractivity contribution in [2.75, 3.05) is 26.2 Å². The molecule has 1 fully saturated rings. The average molecular weight is 334 g/mol. The first kappa shape index (κ1) is 18.2. The lowest BCUT2D eigenvalue weighted by Crippen LogP contribution is -2.37. The summed E-state index contributed by atoms with van der Waals surface area (Å²) >= 11 is 0. The molecule has 1 aromatic rings. The average Bonchev–Trinajstić information content (AvgIpc) is 2.49. The third-order valence-corrected chi connectivity index (χ3v) is 4.05. The monoisotopic (exact) mass is 334 g/mol. The van der Waals surface area contributed by atoms with E-state index in [9.17, 15) is 22.7 Å². The molecule has 130 valence electrons. The highest BCUT2D eigenvalue weighted by Gasteiger charge is 2.34. The maximum Gasteiger partial charge on any atom is 0.419 e. The van der Waals surface area contributed by atoms with Crippen molar-refractivity contribution < 1.29 is 22.7 Å². The number of hydrogen-bond acceptors (Lipinski definition) is 3. The highest BCUT2D eigenvalue weighted by Crippen LogP contribution is 2.31. The molecular weight excluding hydrogens is 312 g/mol. The molecular formula is C16H22F4N2O. The van der Waals surface area contributed by atoms with Crippen LogP contribution in [0.2, 0.25) is 0 Å². The minimum absolute atomic E-state index is 0.189. The van der Waals surface area contributed by atoms with Crippen LogP contribution in [0.1, 0.15) is 30.4 Å². The second-order valence-corrected chi connectivity index (χ2v) is 5.92. The van der Waals surface area contributed by atoms with Gasteiger partial charge in [-0.25, -0.2) is 4.39 Å². The zero-order valence-corrected chi connectivity index (χ0v) is 12.9. The molecule has 0 atom stereocenters. The Morgan fingerprint density at radius 2 is 1.91 bits per heavy atom. The lowest BCUT2D eigenvalue weighted by molar-refractivity contribution is -0.140. The van der Waals surface area contributed by atoms with E-state index >= 15 is 0 Å². The minimum Gasteiger partial charge on any atom is -0.393 e. The Labute approximate surface area is 133 Å². The Morgan fingerprint density at radius 1 is 1.22 bits per heavy atom. The number of alkyl halides is 3. The molecule has 1 aromatic carbocycles. The topological polar surface area (TPSA) is 35.5 Å². The van der Waals surface area contributed by atoms with Crippen LogP contribution >= 0.6 is 0 Å². The molecule has 2 N–H and O–H groups in total. The molecule has 0 saturated carbocycles. The predicted octanol–water partition coefficient (Wildman–Crippen LogP) is 2.78. The van der Waals surface area contributed by atoms with Gasteiger partial charge in [0, 0.05) is 19.6 Å². The Kier molecular flexibility index (Phi) is 6.38. The Balaban J connectivity index is 1.70. The molecule has 0 aromatic heterocycles. The predicted molar refractivity (Wildman–Crippen MR) is 79.4 cm³/mol. The summed E-state index contributed by atoms with van der Waals surface area (Å²) in [5.74, 6) is -1.24. The quantitative estimate of drug-likeness (QED) is 0.620. The van der Waals surface area contributed by atoms with Crippen molar-refractivity contribution in [1.82, 2.24) is 10.2 Å². The first-order valence-corrected chi connectivity index (χ1v) is 7.83. The molecule has 2 rings (SSSR count). The van der Waals surface area contributed by atoms with Crippen LogP contribution in [0.4, 0.5) is 17.6 Å². The molecule has 23 heavy (non-hydrogen) atoms. The highest BCUT2D eigenvalue weighted by molar-refractivity contribution is 5.27. The fourth-order valence-corrected chi connectivity index (χ4v) is 2.70. The van der Waals surface area contributed by atoms with Gasteiger partial charge in [-0.15, -0.1) is 0 Å². The van der Waals surface area contributed by atoms with E-state index in [-0.39, 0.29) is 12.6 Å². The summed E-state index contributed by atoms with van der Waals surface area (Å²) in [5.41, 5.74) is -0.802. The molecule has 0 unspecified atom stereocenters. The van der Waals surface area contributed by atoms with Gasteiger partial charge >= 0.3 is 6.18 Å². The molecule has 1 aliphatic rings. The zero-order chi connectivity index (χ0) is 16.9. The van der Waals surface area contributed by atoms with E-state index in [1.165, 1.54) is 6.07 Å². The van der Waals surface area contributed by atoms with Crippen LogP contribution in [0.25, 0.3) is 0 Å². The molecule has 0 amide bonds. The number of nitrogens with one attached hydrogen (secondary N) is 1. The molecule has 0 bridgehead atoms. The second kappa shape index (κ2) is 8.08. The van der Waals surface area contributed by atoms with Crippen molar-refractivity contribution in [2.24, 2.45) is 0 Å². The third kappa shape index (κ3) is 5.75. The number of benzene rings is 1. The van der Waals surface area contributed by atoms with Crippen LogP contribution in [0, 0.1) is 5.82 Å². The molecule has 7 heteroatoms. The molecule has 1 aliphatic heterocycles. The van der Waals surface area contributed by atoms with Gasteiger partial charge in [-0.3, -0.25) is 0 Å². The summed E-state index contributed by atoms with van der Waals surface area (Å²) in [4.78, 5) is 2.27. The Bertz CT molecular complexity index is 499. The Morgan fingerprint density at radius 3 is 2.57 bits per heavy atom. The number of hydrogen-bond donors (Lipinski definition) is 2. The van der Waals surface area contributed by atoms with Gasteiger partial charge in [-0.2, -0.15) is 13.2 Å². The second-order valence-electron chi connectivity index (χ2n) is 5.92. The fraction of sp³-hybridized carbons (Fsp3) is 0.625. The maximum absolute atomic E-state index is 13.2. The molecule has 1 heterocycles. The van der Waals surface area contributed by atoms with Crippen molar-refractivity contribution in [3.8, 4) is 0 Å². The molecule has 3 nitrogen and oxygen atoms in total. The van der Waals surface area contributed by atoms with E-state index in [0.29, 0.717) is 12.1 Å². The maximum atomic E-state index is 13.2. The first-order valence-electron chi connectivity index (χ1n) is 7.83. The first-order chi connectivity index (χ1) is 10.9.